The fraction of sp³-hybridized carbons (Fsp3) is 0.174. The lowest BCUT2D eigenvalue weighted by atomic mass is 9.98. The van der Waals surface area contributed by atoms with Gasteiger partial charge in [0, 0.05) is 22.3 Å². The second kappa shape index (κ2) is 6.89. The van der Waals surface area contributed by atoms with Crippen LogP contribution < -0.4 is 0 Å². The highest BCUT2D eigenvalue weighted by molar-refractivity contribution is 7.99. The zero-order chi connectivity index (χ0) is 17.2. The van der Waals surface area contributed by atoms with E-state index in [0.29, 0.717) is 5.25 Å². The van der Waals surface area contributed by atoms with E-state index < -0.39 is 0 Å². The fourth-order valence-corrected chi connectivity index (χ4v) is 4.40. The van der Waals surface area contributed by atoms with Gasteiger partial charge in [-0.05, 0) is 54.3 Å². The Bertz CT molecular complexity index is 928. The maximum Gasteiger partial charge on any atom is 0.0769 e. The minimum atomic E-state index is 0.380. The monoisotopic (exact) mass is 343 g/mol. The first-order valence-corrected chi connectivity index (χ1v) is 9.54. The summed E-state index contributed by atoms with van der Waals surface area (Å²) in [6.07, 6.45) is 0.936. The Morgan fingerprint density at radius 3 is 2.40 bits per heavy atom. The van der Waals surface area contributed by atoms with Crippen LogP contribution in [-0.2, 0) is 0 Å². The van der Waals surface area contributed by atoms with Crippen molar-refractivity contribution in [3.8, 4) is 0 Å². The Kier molecular flexibility index (Phi) is 4.46. The van der Waals surface area contributed by atoms with E-state index in [1.165, 1.54) is 32.9 Å². The van der Waals surface area contributed by atoms with Crippen molar-refractivity contribution in [1.82, 2.24) is 0 Å². The molecule has 3 aromatic rings. The van der Waals surface area contributed by atoms with E-state index in [9.17, 15) is 0 Å². The largest absolute Gasteiger partial charge is 0.252 e. The SMILES string of the molecule is Cc1ccc(C2=Nc3ccccc3S[C@H](c3ccccc3)C2)cc1C. The van der Waals surface area contributed by atoms with Gasteiger partial charge in [-0.3, -0.25) is 4.99 Å². The van der Waals surface area contributed by atoms with Gasteiger partial charge in [0.1, 0.15) is 0 Å². The molecule has 0 N–H and O–H groups in total. The lowest BCUT2D eigenvalue weighted by molar-refractivity contribution is 1.01. The number of fused-ring (bicyclic) bond motifs is 1. The maximum atomic E-state index is 5.05. The Labute approximate surface area is 153 Å². The summed E-state index contributed by atoms with van der Waals surface area (Å²) in [7, 11) is 0. The van der Waals surface area contributed by atoms with E-state index >= 15 is 0 Å². The Hall–Kier alpha value is -2.32. The molecule has 0 spiro atoms. The third-order valence-electron chi connectivity index (χ3n) is 4.78. The molecule has 1 heterocycles. The summed E-state index contributed by atoms with van der Waals surface area (Å²) >= 11 is 1.92. The molecule has 0 aromatic heterocycles. The summed E-state index contributed by atoms with van der Waals surface area (Å²) in [5.74, 6) is 0. The average Bonchev–Trinajstić information content (AvgIpc) is 2.84. The van der Waals surface area contributed by atoms with Crippen molar-refractivity contribution in [1.29, 1.82) is 0 Å². The van der Waals surface area contributed by atoms with Gasteiger partial charge >= 0.3 is 0 Å². The molecule has 0 aliphatic carbocycles. The van der Waals surface area contributed by atoms with Gasteiger partial charge < -0.3 is 0 Å². The molecule has 1 aliphatic rings. The molecule has 1 atom stereocenters. The Morgan fingerprint density at radius 2 is 1.60 bits per heavy atom. The average molecular weight is 343 g/mol. The topological polar surface area (TPSA) is 12.4 Å². The van der Waals surface area contributed by atoms with E-state index in [1.807, 2.05) is 11.8 Å². The third-order valence-corrected chi connectivity index (χ3v) is 6.10. The first-order chi connectivity index (χ1) is 12.2. The molecule has 0 fully saturated rings. The molecule has 0 unspecified atom stereocenters. The van der Waals surface area contributed by atoms with Gasteiger partial charge in [0.2, 0.25) is 0 Å². The third kappa shape index (κ3) is 3.40. The number of benzene rings is 3. The van der Waals surface area contributed by atoms with Crippen LogP contribution in [0, 0.1) is 13.8 Å². The van der Waals surface area contributed by atoms with Crippen LogP contribution in [0.2, 0.25) is 0 Å². The number of thioether (sulfide) groups is 1. The quantitative estimate of drug-likeness (QED) is 0.506. The summed E-state index contributed by atoms with van der Waals surface area (Å²) in [4.78, 5) is 6.31. The van der Waals surface area contributed by atoms with Crippen molar-refractivity contribution < 1.29 is 0 Å². The van der Waals surface area contributed by atoms with Crippen LogP contribution in [0.3, 0.4) is 0 Å². The molecule has 2 heteroatoms. The van der Waals surface area contributed by atoms with Gasteiger partial charge in [-0.2, -0.15) is 0 Å². The highest BCUT2D eigenvalue weighted by atomic mass is 32.2. The van der Waals surface area contributed by atoms with Crippen molar-refractivity contribution in [2.45, 2.75) is 30.4 Å². The Morgan fingerprint density at radius 1 is 0.840 bits per heavy atom. The number of aliphatic imine (C=N–C) groups is 1. The number of para-hydroxylation sites is 1. The van der Waals surface area contributed by atoms with Crippen LogP contribution >= 0.6 is 11.8 Å². The fourth-order valence-electron chi connectivity index (χ4n) is 3.17. The predicted octanol–water partition coefficient (Wildman–Crippen LogP) is 6.66. The molecular weight excluding hydrogens is 322 g/mol. The lowest BCUT2D eigenvalue weighted by Crippen LogP contribution is -2.06. The standard InChI is InChI=1S/C23H21NS/c1-16-12-13-19(14-17(16)2)21-15-23(18-8-4-3-5-9-18)25-22-11-7-6-10-20(22)24-21/h3-14,23H,15H2,1-2H3/t23-/m0/s1. The van der Waals surface area contributed by atoms with Crippen LogP contribution in [0.15, 0.2) is 82.7 Å². The molecule has 4 rings (SSSR count). The first kappa shape index (κ1) is 16.2. The van der Waals surface area contributed by atoms with Crippen LogP contribution in [-0.4, -0.2) is 5.71 Å². The zero-order valence-corrected chi connectivity index (χ0v) is 15.4. The second-order valence-corrected chi connectivity index (χ2v) is 7.79. The van der Waals surface area contributed by atoms with Crippen LogP contribution in [0.4, 0.5) is 5.69 Å². The molecular formula is C23H21NS. The van der Waals surface area contributed by atoms with E-state index in [0.717, 1.165) is 12.1 Å². The molecule has 0 bridgehead atoms. The maximum absolute atomic E-state index is 5.05. The van der Waals surface area contributed by atoms with Crippen LogP contribution in [0.25, 0.3) is 0 Å². The van der Waals surface area contributed by atoms with E-state index in [-0.39, 0.29) is 0 Å². The molecule has 0 radical (unpaired) electrons. The minimum Gasteiger partial charge on any atom is -0.252 e. The summed E-state index contributed by atoms with van der Waals surface area (Å²) in [6.45, 7) is 4.33. The van der Waals surface area contributed by atoms with Gasteiger partial charge in [-0.15, -0.1) is 11.8 Å². The number of hydrogen-bond donors (Lipinski definition) is 0. The molecule has 0 saturated carbocycles. The molecule has 0 amide bonds. The number of nitrogens with zero attached hydrogens (tertiary/aromatic N) is 1. The highest BCUT2D eigenvalue weighted by Crippen LogP contribution is 2.45. The van der Waals surface area contributed by atoms with Gasteiger partial charge in [0.25, 0.3) is 0 Å². The second-order valence-electron chi connectivity index (χ2n) is 6.55. The van der Waals surface area contributed by atoms with Crippen molar-refractivity contribution in [2.75, 3.05) is 0 Å². The van der Waals surface area contributed by atoms with Crippen molar-refractivity contribution in [2.24, 2.45) is 4.99 Å². The highest BCUT2D eigenvalue weighted by Gasteiger charge is 2.22. The molecule has 0 saturated heterocycles. The van der Waals surface area contributed by atoms with Gasteiger partial charge in [-0.1, -0.05) is 54.6 Å². The molecule has 3 aromatic carbocycles. The van der Waals surface area contributed by atoms with Gasteiger partial charge in [0.05, 0.1) is 5.69 Å². The van der Waals surface area contributed by atoms with Crippen molar-refractivity contribution in [3.05, 3.63) is 95.1 Å². The molecule has 1 aliphatic heterocycles. The van der Waals surface area contributed by atoms with E-state index in [4.69, 9.17) is 4.99 Å². The van der Waals surface area contributed by atoms with Crippen molar-refractivity contribution in [3.63, 3.8) is 0 Å². The number of aryl methyl sites for hydroxylation is 2. The molecule has 124 valence electrons. The summed E-state index contributed by atoms with van der Waals surface area (Å²) in [5.41, 5.74) is 7.50. The lowest BCUT2D eigenvalue weighted by Gasteiger charge is -2.16. The molecule has 25 heavy (non-hydrogen) atoms. The predicted molar refractivity (Wildman–Crippen MR) is 108 cm³/mol. The zero-order valence-electron chi connectivity index (χ0n) is 14.6. The normalized spacial score (nSPS) is 16.7. The van der Waals surface area contributed by atoms with E-state index in [1.54, 1.807) is 0 Å². The summed E-state index contributed by atoms with van der Waals surface area (Å²) in [5, 5.41) is 0.380. The first-order valence-electron chi connectivity index (χ1n) is 8.66. The van der Waals surface area contributed by atoms with Gasteiger partial charge in [0.15, 0.2) is 0 Å². The number of rotatable bonds is 2. The number of hydrogen-bond acceptors (Lipinski definition) is 2. The van der Waals surface area contributed by atoms with Crippen molar-refractivity contribution >= 4 is 23.2 Å². The minimum absolute atomic E-state index is 0.380. The van der Waals surface area contributed by atoms with Crippen LogP contribution in [0.5, 0.6) is 0 Å². The Balaban J connectivity index is 1.81. The smallest absolute Gasteiger partial charge is 0.0769 e. The van der Waals surface area contributed by atoms with Crippen LogP contribution in [0.1, 0.15) is 33.9 Å². The summed E-state index contributed by atoms with van der Waals surface area (Å²) < 4.78 is 0. The van der Waals surface area contributed by atoms with E-state index in [2.05, 4.69) is 86.6 Å². The van der Waals surface area contributed by atoms with Gasteiger partial charge in [-0.25, -0.2) is 0 Å². The summed E-state index contributed by atoms with van der Waals surface area (Å²) in [6, 6.07) is 25.9. The molecule has 1 nitrogen and oxygen atoms in total.